The zero-order chi connectivity index (χ0) is 22.8. The molecule has 2 aliphatic heterocycles. The summed E-state index contributed by atoms with van der Waals surface area (Å²) in [7, 11) is 0. The molecule has 2 aromatic rings. The Balaban J connectivity index is 1.39. The molecule has 1 fully saturated rings. The molecule has 2 aromatic carbocycles. The number of fused-ring (bicyclic) bond motifs is 1. The molecule has 0 aliphatic carbocycles. The Morgan fingerprint density at radius 1 is 1.16 bits per heavy atom. The van der Waals surface area contributed by atoms with E-state index in [1.165, 1.54) is 17.7 Å². The Hall–Kier alpha value is -3.19. The fourth-order valence-electron chi connectivity index (χ4n) is 4.81. The van der Waals surface area contributed by atoms with E-state index in [2.05, 4.69) is 10.2 Å². The number of hydrogen-bond donors (Lipinski definition) is 2. The first-order valence-corrected chi connectivity index (χ1v) is 10.9. The topological polar surface area (TPSA) is 72.9 Å². The van der Waals surface area contributed by atoms with E-state index >= 15 is 0 Å². The Morgan fingerprint density at radius 3 is 2.53 bits per heavy atom. The lowest BCUT2D eigenvalue weighted by atomic mass is 10.0. The molecule has 1 unspecified atom stereocenters. The third-order valence-corrected chi connectivity index (χ3v) is 6.39. The van der Waals surface area contributed by atoms with Crippen molar-refractivity contribution < 1.29 is 19.1 Å². The molecule has 2 atom stereocenters. The molecule has 168 valence electrons. The molecule has 4 rings (SSSR count). The number of carbonyl (C=O) groups is 2. The van der Waals surface area contributed by atoms with Gasteiger partial charge in [-0.25, -0.2) is 9.18 Å². The monoisotopic (exact) mass is 437 g/mol. The quantitative estimate of drug-likeness (QED) is 0.713. The Morgan fingerprint density at radius 2 is 1.88 bits per heavy atom. The lowest BCUT2D eigenvalue weighted by Crippen LogP contribution is -2.33. The second-order valence-electron chi connectivity index (χ2n) is 8.71. The minimum absolute atomic E-state index is 0.0471. The smallest absolute Gasteiger partial charge is 0.405 e. The number of likely N-dealkylation sites (tertiary alicyclic amines) is 1. The van der Waals surface area contributed by atoms with Gasteiger partial charge in [0, 0.05) is 43.9 Å². The summed E-state index contributed by atoms with van der Waals surface area (Å²) in [5.74, 6) is -0.0385. The van der Waals surface area contributed by atoms with Gasteiger partial charge >= 0.3 is 6.09 Å². The van der Waals surface area contributed by atoms with Gasteiger partial charge in [-0.05, 0) is 54.7 Å². The van der Waals surface area contributed by atoms with Gasteiger partial charge in [-0.1, -0.05) is 30.3 Å². The highest BCUT2D eigenvalue weighted by Crippen LogP contribution is 2.32. The normalized spacial score (nSPS) is 18.9. The highest BCUT2D eigenvalue weighted by molar-refractivity contribution is 5.98. The predicted molar refractivity (Wildman–Crippen MR) is 120 cm³/mol. The van der Waals surface area contributed by atoms with Gasteiger partial charge in [0.25, 0.3) is 5.91 Å². The Bertz CT molecular complexity index is 1050. The van der Waals surface area contributed by atoms with Crippen LogP contribution >= 0.6 is 0 Å². The summed E-state index contributed by atoms with van der Waals surface area (Å²) in [6.07, 6.45) is 1.40. The molecule has 7 heteroatoms. The van der Waals surface area contributed by atoms with Gasteiger partial charge in [0.15, 0.2) is 0 Å². The van der Waals surface area contributed by atoms with Crippen molar-refractivity contribution in [1.29, 1.82) is 0 Å². The predicted octanol–water partition coefficient (Wildman–Crippen LogP) is 4.11. The molecule has 2 N–H and O–H groups in total. The van der Waals surface area contributed by atoms with Crippen LogP contribution in [0.2, 0.25) is 0 Å². The Kier molecular flexibility index (Phi) is 6.28. The Labute approximate surface area is 187 Å². The van der Waals surface area contributed by atoms with Gasteiger partial charge in [0.05, 0.1) is 6.04 Å². The molecule has 0 bridgehead atoms. The molecular weight excluding hydrogens is 409 g/mol. The van der Waals surface area contributed by atoms with Crippen LogP contribution in [-0.4, -0.2) is 53.1 Å². The van der Waals surface area contributed by atoms with E-state index in [4.69, 9.17) is 0 Å². The second kappa shape index (κ2) is 9.12. The van der Waals surface area contributed by atoms with Gasteiger partial charge in [-0.3, -0.25) is 9.69 Å². The number of hydrogen-bond acceptors (Lipinski definition) is 3. The van der Waals surface area contributed by atoms with Crippen LogP contribution in [0.15, 0.2) is 54.2 Å². The second-order valence-corrected chi connectivity index (χ2v) is 8.71. The van der Waals surface area contributed by atoms with E-state index in [-0.39, 0.29) is 11.7 Å². The molecule has 2 aliphatic rings. The molecule has 0 aromatic heterocycles. The summed E-state index contributed by atoms with van der Waals surface area (Å²) >= 11 is 0. The van der Waals surface area contributed by atoms with Crippen molar-refractivity contribution >= 4 is 12.0 Å². The number of carbonyl (C=O) groups excluding carboxylic acids is 1. The lowest BCUT2D eigenvalue weighted by molar-refractivity contribution is 0.0819. The molecule has 2 amide bonds. The van der Waals surface area contributed by atoms with Crippen LogP contribution in [0.25, 0.3) is 0 Å². The average molecular weight is 438 g/mol. The SMILES string of the molecule is Cc1cccc(C)c1C(=O)N1C=C2CN(CC[C@H](NC(=O)O)c3cccc(F)c3)CC2C1. The molecule has 0 spiro atoms. The largest absolute Gasteiger partial charge is 0.465 e. The van der Waals surface area contributed by atoms with Gasteiger partial charge in [0.1, 0.15) is 5.82 Å². The van der Waals surface area contributed by atoms with Crippen LogP contribution in [0.5, 0.6) is 0 Å². The number of carboxylic acid groups (broad SMARTS) is 1. The number of nitrogens with one attached hydrogen (secondary N) is 1. The summed E-state index contributed by atoms with van der Waals surface area (Å²) < 4.78 is 13.6. The summed E-state index contributed by atoms with van der Waals surface area (Å²) in [6, 6.07) is 11.5. The number of rotatable bonds is 6. The van der Waals surface area contributed by atoms with Gasteiger partial charge in [-0.15, -0.1) is 0 Å². The third kappa shape index (κ3) is 4.67. The van der Waals surface area contributed by atoms with Crippen molar-refractivity contribution in [2.75, 3.05) is 26.2 Å². The maximum absolute atomic E-state index is 13.6. The summed E-state index contributed by atoms with van der Waals surface area (Å²) in [6.45, 7) is 6.85. The standard InChI is InChI=1S/C25H28FN3O3/c1-16-5-3-6-17(2)23(16)24(30)29-14-19-12-28(13-20(19)15-29)10-9-22(27-25(31)32)18-7-4-8-21(26)11-18/h3-8,11,14,20,22,27H,9-10,12-13,15H2,1-2H3,(H,31,32)/t20?,22-/m0/s1. The number of benzene rings is 2. The average Bonchev–Trinajstić information content (AvgIpc) is 3.29. The number of amides is 2. The molecule has 2 heterocycles. The summed E-state index contributed by atoms with van der Waals surface area (Å²) in [5, 5.41) is 11.7. The van der Waals surface area contributed by atoms with E-state index in [9.17, 15) is 19.1 Å². The van der Waals surface area contributed by atoms with E-state index in [1.54, 1.807) is 12.1 Å². The zero-order valence-electron chi connectivity index (χ0n) is 18.3. The zero-order valence-corrected chi connectivity index (χ0v) is 18.3. The number of halogens is 1. The van der Waals surface area contributed by atoms with Crippen LogP contribution in [0.3, 0.4) is 0 Å². The van der Waals surface area contributed by atoms with Crippen LogP contribution in [0.1, 0.15) is 39.5 Å². The maximum atomic E-state index is 13.6. The van der Waals surface area contributed by atoms with Crippen molar-refractivity contribution in [3.05, 3.63) is 82.3 Å². The highest BCUT2D eigenvalue weighted by Gasteiger charge is 2.36. The van der Waals surface area contributed by atoms with Gasteiger partial charge in [-0.2, -0.15) is 0 Å². The van der Waals surface area contributed by atoms with Crippen molar-refractivity contribution in [3.63, 3.8) is 0 Å². The lowest BCUT2D eigenvalue weighted by Gasteiger charge is -2.23. The molecular formula is C25H28FN3O3. The van der Waals surface area contributed by atoms with Gasteiger partial charge < -0.3 is 15.3 Å². The number of nitrogens with zero attached hydrogens (tertiary/aromatic N) is 2. The van der Waals surface area contributed by atoms with E-state index < -0.39 is 12.1 Å². The first-order chi connectivity index (χ1) is 15.3. The van der Waals surface area contributed by atoms with Crippen LogP contribution in [0, 0.1) is 25.6 Å². The summed E-state index contributed by atoms with van der Waals surface area (Å²) in [5.41, 5.74) is 4.61. The molecule has 32 heavy (non-hydrogen) atoms. The van der Waals surface area contributed by atoms with E-state index in [1.807, 2.05) is 43.1 Å². The fraction of sp³-hybridized carbons (Fsp3) is 0.360. The minimum atomic E-state index is -1.12. The van der Waals surface area contributed by atoms with E-state index in [0.29, 0.717) is 31.0 Å². The van der Waals surface area contributed by atoms with Crippen molar-refractivity contribution in [3.8, 4) is 0 Å². The fourth-order valence-corrected chi connectivity index (χ4v) is 4.81. The maximum Gasteiger partial charge on any atom is 0.405 e. The van der Waals surface area contributed by atoms with E-state index in [0.717, 1.165) is 29.8 Å². The first-order valence-electron chi connectivity index (χ1n) is 10.9. The van der Waals surface area contributed by atoms with Crippen LogP contribution in [-0.2, 0) is 0 Å². The molecule has 0 radical (unpaired) electrons. The molecule has 1 saturated heterocycles. The van der Waals surface area contributed by atoms with Gasteiger partial charge in [0.2, 0.25) is 0 Å². The number of aryl methyl sites for hydroxylation is 2. The molecule has 6 nitrogen and oxygen atoms in total. The first kappa shape index (κ1) is 22.0. The summed E-state index contributed by atoms with van der Waals surface area (Å²) in [4.78, 5) is 28.4. The van der Waals surface area contributed by atoms with Crippen LogP contribution in [0.4, 0.5) is 9.18 Å². The van der Waals surface area contributed by atoms with Crippen molar-refractivity contribution in [2.45, 2.75) is 26.3 Å². The molecule has 0 saturated carbocycles. The third-order valence-electron chi connectivity index (χ3n) is 6.39. The van der Waals surface area contributed by atoms with Crippen molar-refractivity contribution in [2.24, 2.45) is 5.92 Å². The minimum Gasteiger partial charge on any atom is -0.465 e. The van der Waals surface area contributed by atoms with Crippen molar-refractivity contribution in [1.82, 2.24) is 15.1 Å². The van der Waals surface area contributed by atoms with Crippen LogP contribution < -0.4 is 5.32 Å². The highest BCUT2D eigenvalue weighted by atomic mass is 19.1.